The SMILES string of the molecule is CC(C)[C@H](NC(=O)Cc1ccccc1)C(=O)Nc1ccc(N2CCCC2=O)cc1. The van der Waals surface area contributed by atoms with E-state index in [1.807, 2.05) is 56.3 Å². The van der Waals surface area contributed by atoms with Crippen LogP contribution in [-0.4, -0.2) is 30.3 Å². The van der Waals surface area contributed by atoms with Crippen molar-refractivity contribution in [2.75, 3.05) is 16.8 Å². The first-order valence-corrected chi connectivity index (χ1v) is 9.98. The van der Waals surface area contributed by atoms with Gasteiger partial charge in [0.2, 0.25) is 17.7 Å². The highest BCUT2D eigenvalue weighted by atomic mass is 16.2. The Labute approximate surface area is 171 Å². The van der Waals surface area contributed by atoms with Crippen LogP contribution in [0.15, 0.2) is 54.6 Å². The number of anilines is 2. The van der Waals surface area contributed by atoms with Crippen LogP contribution in [0.4, 0.5) is 11.4 Å². The third-order valence-corrected chi connectivity index (χ3v) is 4.99. The Bertz CT molecular complexity index is 863. The van der Waals surface area contributed by atoms with Gasteiger partial charge in [-0.1, -0.05) is 44.2 Å². The Kier molecular flexibility index (Phi) is 6.65. The fourth-order valence-corrected chi connectivity index (χ4v) is 3.41. The molecule has 152 valence electrons. The van der Waals surface area contributed by atoms with Gasteiger partial charge in [-0.3, -0.25) is 14.4 Å². The molecule has 3 rings (SSSR count). The van der Waals surface area contributed by atoms with Gasteiger partial charge in [0.05, 0.1) is 6.42 Å². The van der Waals surface area contributed by atoms with Crippen LogP contribution in [0.1, 0.15) is 32.3 Å². The Balaban J connectivity index is 1.60. The van der Waals surface area contributed by atoms with Gasteiger partial charge in [0.15, 0.2) is 0 Å². The molecule has 2 aromatic rings. The van der Waals surface area contributed by atoms with Gasteiger partial charge in [0.1, 0.15) is 6.04 Å². The molecule has 29 heavy (non-hydrogen) atoms. The molecule has 6 nitrogen and oxygen atoms in total. The molecule has 1 atom stereocenters. The first kappa shape index (κ1) is 20.6. The van der Waals surface area contributed by atoms with E-state index in [0.29, 0.717) is 12.1 Å². The molecule has 0 aromatic heterocycles. The molecule has 0 saturated carbocycles. The quantitative estimate of drug-likeness (QED) is 0.759. The zero-order valence-corrected chi connectivity index (χ0v) is 16.9. The number of hydrogen-bond donors (Lipinski definition) is 2. The van der Waals surface area contributed by atoms with E-state index in [1.54, 1.807) is 17.0 Å². The molecule has 0 aliphatic carbocycles. The first-order chi connectivity index (χ1) is 13.9. The molecule has 2 aromatic carbocycles. The van der Waals surface area contributed by atoms with E-state index in [1.165, 1.54) is 0 Å². The van der Waals surface area contributed by atoms with Crippen LogP contribution in [0.3, 0.4) is 0 Å². The summed E-state index contributed by atoms with van der Waals surface area (Å²) in [5, 5.41) is 5.71. The third kappa shape index (κ3) is 5.44. The monoisotopic (exact) mass is 393 g/mol. The average Bonchev–Trinajstić information content (AvgIpc) is 3.13. The lowest BCUT2D eigenvalue weighted by Crippen LogP contribution is -2.47. The summed E-state index contributed by atoms with van der Waals surface area (Å²) in [6.07, 6.45) is 1.68. The summed E-state index contributed by atoms with van der Waals surface area (Å²) in [5.74, 6) is -0.377. The van der Waals surface area contributed by atoms with E-state index in [-0.39, 0.29) is 30.1 Å². The van der Waals surface area contributed by atoms with Gasteiger partial charge in [0.25, 0.3) is 0 Å². The minimum absolute atomic E-state index is 0.0591. The minimum Gasteiger partial charge on any atom is -0.344 e. The van der Waals surface area contributed by atoms with E-state index >= 15 is 0 Å². The minimum atomic E-state index is -0.633. The smallest absolute Gasteiger partial charge is 0.247 e. The van der Waals surface area contributed by atoms with Crippen molar-refractivity contribution in [2.24, 2.45) is 5.92 Å². The highest BCUT2D eigenvalue weighted by Gasteiger charge is 2.25. The molecule has 0 spiro atoms. The zero-order valence-electron chi connectivity index (χ0n) is 16.9. The summed E-state index contributed by atoms with van der Waals surface area (Å²) in [6.45, 7) is 4.53. The maximum atomic E-state index is 12.7. The molecule has 1 aliphatic rings. The van der Waals surface area contributed by atoms with E-state index in [9.17, 15) is 14.4 Å². The van der Waals surface area contributed by atoms with Gasteiger partial charge < -0.3 is 15.5 Å². The molecule has 1 heterocycles. The Hall–Kier alpha value is -3.15. The van der Waals surface area contributed by atoms with Gasteiger partial charge in [-0.25, -0.2) is 0 Å². The second-order valence-corrected chi connectivity index (χ2v) is 7.64. The number of benzene rings is 2. The van der Waals surface area contributed by atoms with Crippen LogP contribution < -0.4 is 15.5 Å². The van der Waals surface area contributed by atoms with Crippen LogP contribution in [0, 0.1) is 5.92 Å². The number of nitrogens with zero attached hydrogens (tertiary/aromatic N) is 1. The summed E-state index contributed by atoms with van der Waals surface area (Å²) in [7, 11) is 0. The Morgan fingerprint density at radius 2 is 1.72 bits per heavy atom. The Morgan fingerprint density at radius 3 is 2.31 bits per heavy atom. The number of carbonyl (C=O) groups excluding carboxylic acids is 3. The molecule has 0 bridgehead atoms. The molecule has 0 unspecified atom stereocenters. The van der Waals surface area contributed by atoms with Gasteiger partial charge in [-0.05, 0) is 42.2 Å². The fourth-order valence-electron chi connectivity index (χ4n) is 3.41. The number of nitrogens with one attached hydrogen (secondary N) is 2. The maximum absolute atomic E-state index is 12.7. The van der Waals surface area contributed by atoms with Crippen molar-refractivity contribution < 1.29 is 14.4 Å². The number of carbonyl (C=O) groups is 3. The predicted octanol–water partition coefficient (Wildman–Crippen LogP) is 3.14. The van der Waals surface area contributed by atoms with E-state index in [0.717, 1.165) is 24.2 Å². The van der Waals surface area contributed by atoms with Gasteiger partial charge in [0, 0.05) is 24.3 Å². The van der Waals surface area contributed by atoms with Crippen molar-refractivity contribution in [1.82, 2.24) is 5.32 Å². The second-order valence-electron chi connectivity index (χ2n) is 7.64. The van der Waals surface area contributed by atoms with Gasteiger partial charge in [-0.2, -0.15) is 0 Å². The summed E-state index contributed by atoms with van der Waals surface area (Å²) >= 11 is 0. The fraction of sp³-hybridized carbons (Fsp3) is 0.348. The van der Waals surface area contributed by atoms with Crippen LogP contribution in [0.5, 0.6) is 0 Å². The van der Waals surface area contributed by atoms with Crippen molar-refractivity contribution in [3.63, 3.8) is 0 Å². The molecule has 1 aliphatic heterocycles. The lowest BCUT2D eigenvalue weighted by molar-refractivity contribution is -0.127. The number of hydrogen-bond acceptors (Lipinski definition) is 3. The van der Waals surface area contributed by atoms with Gasteiger partial charge >= 0.3 is 0 Å². The normalized spacial score (nSPS) is 14.7. The standard InChI is InChI=1S/C23H27N3O3/c1-16(2)22(25-20(27)15-17-7-4-3-5-8-17)23(29)24-18-10-12-19(13-11-18)26-14-6-9-21(26)28/h3-5,7-8,10-13,16,22H,6,9,14-15H2,1-2H3,(H,24,29)(H,25,27)/t22-/m0/s1. The van der Waals surface area contributed by atoms with Crippen molar-refractivity contribution in [3.05, 3.63) is 60.2 Å². The first-order valence-electron chi connectivity index (χ1n) is 9.98. The topological polar surface area (TPSA) is 78.5 Å². The predicted molar refractivity (Wildman–Crippen MR) is 114 cm³/mol. The zero-order chi connectivity index (χ0) is 20.8. The Morgan fingerprint density at radius 1 is 1.03 bits per heavy atom. The third-order valence-electron chi connectivity index (χ3n) is 4.99. The summed E-state index contributed by atoms with van der Waals surface area (Å²) < 4.78 is 0. The highest BCUT2D eigenvalue weighted by Crippen LogP contribution is 2.23. The molecule has 1 saturated heterocycles. The van der Waals surface area contributed by atoms with Crippen molar-refractivity contribution in [2.45, 2.75) is 39.2 Å². The number of amides is 3. The molecule has 1 fully saturated rings. The summed E-state index contributed by atoms with van der Waals surface area (Å²) in [4.78, 5) is 38.7. The molecule has 6 heteroatoms. The summed E-state index contributed by atoms with van der Waals surface area (Å²) in [5.41, 5.74) is 2.37. The molecule has 3 amide bonds. The molecule has 2 N–H and O–H groups in total. The molecule has 0 radical (unpaired) electrons. The van der Waals surface area contributed by atoms with Crippen molar-refractivity contribution >= 4 is 29.1 Å². The van der Waals surface area contributed by atoms with Crippen LogP contribution in [0.2, 0.25) is 0 Å². The van der Waals surface area contributed by atoms with E-state index < -0.39 is 6.04 Å². The highest BCUT2D eigenvalue weighted by molar-refractivity contribution is 5.98. The number of rotatable bonds is 7. The van der Waals surface area contributed by atoms with Crippen molar-refractivity contribution in [3.8, 4) is 0 Å². The summed E-state index contributed by atoms with van der Waals surface area (Å²) in [6, 6.07) is 16.0. The van der Waals surface area contributed by atoms with E-state index in [2.05, 4.69) is 10.6 Å². The lowest BCUT2D eigenvalue weighted by atomic mass is 10.0. The van der Waals surface area contributed by atoms with Crippen molar-refractivity contribution in [1.29, 1.82) is 0 Å². The lowest BCUT2D eigenvalue weighted by Gasteiger charge is -2.22. The van der Waals surface area contributed by atoms with Gasteiger partial charge in [-0.15, -0.1) is 0 Å². The molecular weight excluding hydrogens is 366 g/mol. The molecular formula is C23H27N3O3. The second kappa shape index (κ2) is 9.37. The van der Waals surface area contributed by atoms with Crippen LogP contribution >= 0.6 is 0 Å². The largest absolute Gasteiger partial charge is 0.344 e. The van der Waals surface area contributed by atoms with E-state index in [4.69, 9.17) is 0 Å². The van der Waals surface area contributed by atoms with Crippen LogP contribution in [-0.2, 0) is 20.8 Å². The van der Waals surface area contributed by atoms with Crippen LogP contribution in [0.25, 0.3) is 0 Å². The maximum Gasteiger partial charge on any atom is 0.247 e. The average molecular weight is 393 g/mol.